The summed E-state index contributed by atoms with van der Waals surface area (Å²) in [4.78, 5) is 17.5. The van der Waals surface area contributed by atoms with Gasteiger partial charge in [-0.05, 0) is 12.5 Å². The molecule has 0 saturated carbocycles. The zero-order valence-electron chi connectivity index (χ0n) is 9.71. The van der Waals surface area contributed by atoms with E-state index in [-0.39, 0.29) is 12.0 Å². The highest BCUT2D eigenvalue weighted by atomic mass is 16.5. The lowest BCUT2D eigenvalue weighted by Gasteiger charge is -2.38. The Morgan fingerprint density at radius 2 is 2.41 bits per heavy atom. The van der Waals surface area contributed by atoms with E-state index in [9.17, 15) is 4.79 Å². The monoisotopic (exact) mass is 232 g/mol. The van der Waals surface area contributed by atoms with Crippen molar-refractivity contribution < 1.29 is 9.53 Å². The molecule has 17 heavy (non-hydrogen) atoms. The number of ether oxygens (including phenoxy) is 1. The van der Waals surface area contributed by atoms with Crippen LogP contribution in [-0.2, 0) is 4.79 Å². The van der Waals surface area contributed by atoms with Crippen molar-refractivity contribution in [3.63, 3.8) is 0 Å². The summed E-state index contributed by atoms with van der Waals surface area (Å²) in [5.41, 5.74) is 0. The summed E-state index contributed by atoms with van der Waals surface area (Å²) in [7, 11) is 0. The van der Waals surface area contributed by atoms with E-state index in [4.69, 9.17) is 4.74 Å². The number of carbonyl (C=O) groups is 1. The normalized spacial score (nSPS) is 15.2. The highest BCUT2D eigenvalue weighted by Gasteiger charge is 2.31. The topological polar surface area (TPSA) is 42.4 Å². The summed E-state index contributed by atoms with van der Waals surface area (Å²) in [6, 6.07) is 5.55. The Bertz CT molecular complexity index is 386. The first kappa shape index (κ1) is 11.6. The van der Waals surface area contributed by atoms with Gasteiger partial charge < -0.3 is 9.64 Å². The quantitative estimate of drug-likeness (QED) is 0.725. The average Bonchev–Trinajstić information content (AvgIpc) is 2.31. The zero-order valence-corrected chi connectivity index (χ0v) is 9.71. The van der Waals surface area contributed by atoms with Gasteiger partial charge in [0, 0.05) is 18.7 Å². The summed E-state index contributed by atoms with van der Waals surface area (Å²) in [5.74, 6) is 0.793. The number of pyridine rings is 1. The Morgan fingerprint density at radius 3 is 3.06 bits per heavy atom. The number of carbonyl (C=O) groups excluding carboxylic acids is 1. The van der Waals surface area contributed by atoms with E-state index in [0.717, 1.165) is 6.42 Å². The molecule has 0 N–H and O–H groups in total. The standard InChI is InChI=1S/C13H16N2O2/c1-2-3-7-13(16)15-9-11(10-15)17-12-6-4-5-8-14-12/h2,4-6,8,11H,1,3,7,9-10H2. The number of nitrogens with zero attached hydrogens (tertiary/aromatic N) is 2. The van der Waals surface area contributed by atoms with Crippen molar-refractivity contribution in [1.29, 1.82) is 0 Å². The van der Waals surface area contributed by atoms with Crippen molar-refractivity contribution >= 4 is 5.91 Å². The molecule has 90 valence electrons. The van der Waals surface area contributed by atoms with E-state index < -0.39 is 0 Å². The van der Waals surface area contributed by atoms with E-state index in [1.54, 1.807) is 17.2 Å². The molecule has 2 rings (SSSR count). The molecule has 1 fully saturated rings. The van der Waals surface area contributed by atoms with Gasteiger partial charge in [-0.2, -0.15) is 0 Å². The van der Waals surface area contributed by atoms with Crippen LogP contribution < -0.4 is 4.74 Å². The molecule has 0 aromatic carbocycles. The molecule has 2 heterocycles. The first-order valence-electron chi connectivity index (χ1n) is 5.76. The van der Waals surface area contributed by atoms with Gasteiger partial charge in [-0.1, -0.05) is 12.1 Å². The van der Waals surface area contributed by atoms with Gasteiger partial charge in [-0.15, -0.1) is 6.58 Å². The first-order chi connectivity index (χ1) is 8.29. The van der Waals surface area contributed by atoms with Crippen molar-refractivity contribution in [2.45, 2.75) is 18.9 Å². The van der Waals surface area contributed by atoms with Gasteiger partial charge in [0.05, 0.1) is 13.1 Å². The van der Waals surface area contributed by atoms with Crippen molar-refractivity contribution in [2.24, 2.45) is 0 Å². The highest BCUT2D eigenvalue weighted by Crippen LogP contribution is 2.16. The third-order valence-electron chi connectivity index (χ3n) is 2.69. The van der Waals surface area contributed by atoms with Crippen LogP contribution in [0.2, 0.25) is 0 Å². The summed E-state index contributed by atoms with van der Waals surface area (Å²) in [5, 5.41) is 0. The van der Waals surface area contributed by atoms with Gasteiger partial charge in [0.2, 0.25) is 11.8 Å². The number of likely N-dealkylation sites (tertiary alicyclic amines) is 1. The predicted molar refractivity (Wildman–Crippen MR) is 64.7 cm³/mol. The molecule has 0 bridgehead atoms. The molecule has 0 aliphatic carbocycles. The van der Waals surface area contributed by atoms with E-state index >= 15 is 0 Å². The van der Waals surface area contributed by atoms with Gasteiger partial charge in [0.15, 0.2) is 0 Å². The lowest BCUT2D eigenvalue weighted by molar-refractivity contribution is -0.140. The second-order valence-corrected chi connectivity index (χ2v) is 4.03. The maximum Gasteiger partial charge on any atom is 0.223 e. The van der Waals surface area contributed by atoms with E-state index in [1.165, 1.54) is 0 Å². The summed E-state index contributed by atoms with van der Waals surface area (Å²) in [6.07, 6.45) is 4.82. The number of aromatic nitrogens is 1. The zero-order chi connectivity index (χ0) is 12.1. The molecule has 0 atom stereocenters. The number of rotatable bonds is 5. The van der Waals surface area contributed by atoms with Crippen molar-refractivity contribution in [2.75, 3.05) is 13.1 Å². The minimum Gasteiger partial charge on any atom is -0.471 e. The average molecular weight is 232 g/mol. The highest BCUT2D eigenvalue weighted by molar-refractivity contribution is 5.77. The van der Waals surface area contributed by atoms with Gasteiger partial charge in [0.25, 0.3) is 0 Å². The molecular formula is C13H16N2O2. The van der Waals surface area contributed by atoms with Gasteiger partial charge in [-0.3, -0.25) is 4.79 Å². The second kappa shape index (κ2) is 5.48. The van der Waals surface area contributed by atoms with Crippen LogP contribution in [-0.4, -0.2) is 35.0 Å². The first-order valence-corrected chi connectivity index (χ1v) is 5.76. The van der Waals surface area contributed by atoms with Crippen LogP contribution in [0.15, 0.2) is 37.1 Å². The predicted octanol–water partition coefficient (Wildman–Crippen LogP) is 1.64. The molecule has 1 aromatic heterocycles. The van der Waals surface area contributed by atoms with Crippen LogP contribution in [0, 0.1) is 0 Å². The van der Waals surface area contributed by atoms with Crippen molar-refractivity contribution in [3.05, 3.63) is 37.1 Å². The third-order valence-corrected chi connectivity index (χ3v) is 2.69. The number of hydrogen-bond acceptors (Lipinski definition) is 3. The van der Waals surface area contributed by atoms with Crippen LogP contribution >= 0.6 is 0 Å². The minimum absolute atomic E-state index is 0.0811. The van der Waals surface area contributed by atoms with Crippen molar-refractivity contribution in [3.8, 4) is 5.88 Å². The maximum absolute atomic E-state index is 11.6. The van der Waals surface area contributed by atoms with E-state index in [1.807, 2.05) is 18.2 Å². The SMILES string of the molecule is C=CCCC(=O)N1CC(Oc2ccccn2)C1. The Balaban J connectivity index is 1.72. The Hall–Kier alpha value is -1.84. The molecule has 1 aliphatic rings. The molecule has 0 spiro atoms. The molecule has 0 radical (unpaired) electrons. The molecule has 1 aromatic rings. The van der Waals surface area contributed by atoms with E-state index in [0.29, 0.717) is 25.4 Å². The van der Waals surface area contributed by atoms with Crippen LogP contribution in [0.1, 0.15) is 12.8 Å². The fourth-order valence-electron chi connectivity index (χ4n) is 1.69. The number of amides is 1. The van der Waals surface area contributed by atoms with Crippen LogP contribution in [0.3, 0.4) is 0 Å². The number of allylic oxidation sites excluding steroid dienone is 1. The van der Waals surface area contributed by atoms with E-state index in [2.05, 4.69) is 11.6 Å². The largest absolute Gasteiger partial charge is 0.471 e. The Labute approximate surface area is 101 Å². The van der Waals surface area contributed by atoms with Gasteiger partial charge in [0.1, 0.15) is 6.10 Å². The summed E-state index contributed by atoms with van der Waals surface area (Å²) >= 11 is 0. The summed E-state index contributed by atoms with van der Waals surface area (Å²) in [6.45, 7) is 4.92. The Morgan fingerprint density at radius 1 is 1.59 bits per heavy atom. The third kappa shape index (κ3) is 3.06. The Kier molecular flexibility index (Phi) is 3.75. The van der Waals surface area contributed by atoms with Crippen LogP contribution in [0.4, 0.5) is 0 Å². The van der Waals surface area contributed by atoms with Crippen LogP contribution in [0.5, 0.6) is 5.88 Å². The molecule has 4 heteroatoms. The molecule has 1 aliphatic heterocycles. The fourth-order valence-corrected chi connectivity index (χ4v) is 1.69. The molecule has 1 saturated heterocycles. The molecule has 4 nitrogen and oxygen atoms in total. The van der Waals surface area contributed by atoms with Gasteiger partial charge >= 0.3 is 0 Å². The van der Waals surface area contributed by atoms with Gasteiger partial charge in [-0.25, -0.2) is 4.98 Å². The number of hydrogen-bond donors (Lipinski definition) is 0. The molecule has 0 unspecified atom stereocenters. The lowest BCUT2D eigenvalue weighted by Crippen LogP contribution is -2.56. The van der Waals surface area contributed by atoms with Crippen molar-refractivity contribution in [1.82, 2.24) is 9.88 Å². The lowest BCUT2D eigenvalue weighted by atomic mass is 10.1. The minimum atomic E-state index is 0.0811. The summed E-state index contributed by atoms with van der Waals surface area (Å²) < 4.78 is 5.61. The molecule has 1 amide bonds. The molecular weight excluding hydrogens is 216 g/mol. The van der Waals surface area contributed by atoms with Crippen LogP contribution in [0.25, 0.3) is 0 Å². The maximum atomic E-state index is 11.6. The second-order valence-electron chi connectivity index (χ2n) is 4.03. The fraction of sp³-hybridized carbons (Fsp3) is 0.385. The smallest absolute Gasteiger partial charge is 0.223 e.